The van der Waals surface area contributed by atoms with Gasteiger partial charge in [0.25, 0.3) is 0 Å². The van der Waals surface area contributed by atoms with E-state index in [1.165, 1.54) is 7.11 Å². The molecule has 1 saturated heterocycles. The van der Waals surface area contributed by atoms with Gasteiger partial charge in [0.05, 0.1) is 31.4 Å². The van der Waals surface area contributed by atoms with E-state index in [1.54, 1.807) is 12.1 Å². The lowest BCUT2D eigenvalue weighted by Gasteiger charge is -2.26. The van der Waals surface area contributed by atoms with Crippen molar-refractivity contribution in [2.45, 2.75) is 0 Å². The molecule has 0 aliphatic carbocycles. The quantitative estimate of drug-likeness (QED) is 0.749. The molecule has 23 heavy (non-hydrogen) atoms. The van der Waals surface area contributed by atoms with E-state index in [9.17, 15) is 9.59 Å². The van der Waals surface area contributed by atoms with E-state index in [0.717, 1.165) is 32.8 Å². The summed E-state index contributed by atoms with van der Waals surface area (Å²) in [6, 6.07) is 3.29. The van der Waals surface area contributed by atoms with Crippen molar-refractivity contribution in [2.75, 3.05) is 46.6 Å². The van der Waals surface area contributed by atoms with Crippen LogP contribution in [0.5, 0.6) is 11.5 Å². The van der Waals surface area contributed by atoms with Crippen LogP contribution < -0.4 is 20.6 Å². The summed E-state index contributed by atoms with van der Waals surface area (Å²) in [4.78, 5) is 30.1. The van der Waals surface area contributed by atoms with E-state index < -0.39 is 11.1 Å². The lowest BCUT2D eigenvalue weighted by atomic mass is 10.2. The van der Waals surface area contributed by atoms with Crippen molar-refractivity contribution in [3.63, 3.8) is 0 Å². The number of ether oxygens (including phenoxy) is 3. The third-order valence-electron chi connectivity index (χ3n) is 3.78. The van der Waals surface area contributed by atoms with Gasteiger partial charge in [-0.3, -0.25) is 14.5 Å². The molecular formula is C15H19N3O5. The number of hydrogen-bond donors (Lipinski definition) is 2. The zero-order valence-corrected chi connectivity index (χ0v) is 12.9. The van der Waals surface area contributed by atoms with Gasteiger partial charge in [-0.25, -0.2) is 0 Å². The first kappa shape index (κ1) is 15.6. The molecule has 0 spiro atoms. The lowest BCUT2D eigenvalue weighted by Crippen LogP contribution is -2.38. The molecule has 1 aromatic heterocycles. The SMILES string of the molecule is COc1cc2[nH]c(=O)c(=O)[nH]c2cc1OCCN1CCOCC1. The van der Waals surface area contributed by atoms with Gasteiger partial charge in [0.15, 0.2) is 11.5 Å². The zero-order chi connectivity index (χ0) is 16.2. The molecule has 1 aromatic carbocycles. The minimum Gasteiger partial charge on any atom is -0.493 e. The Morgan fingerprint density at radius 1 is 1.09 bits per heavy atom. The summed E-state index contributed by atoms with van der Waals surface area (Å²) < 4.78 is 16.4. The minimum atomic E-state index is -0.694. The van der Waals surface area contributed by atoms with E-state index in [-0.39, 0.29) is 0 Å². The van der Waals surface area contributed by atoms with Crippen molar-refractivity contribution in [2.24, 2.45) is 0 Å². The summed E-state index contributed by atoms with van der Waals surface area (Å²) in [5.41, 5.74) is -0.397. The Kier molecular flexibility index (Phi) is 4.63. The third-order valence-corrected chi connectivity index (χ3v) is 3.78. The number of hydrogen-bond acceptors (Lipinski definition) is 6. The Morgan fingerprint density at radius 2 is 1.70 bits per heavy atom. The highest BCUT2D eigenvalue weighted by Gasteiger charge is 2.12. The van der Waals surface area contributed by atoms with Gasteiger partial charge in [-0.1, -0.05) is 0 Å². The normalized spacial score (nSPS) is 15.7. The van der Waals surface area contributed by atoms with Crippen molar-refractivity contribution in [3.05, 3.63) is 32.8 Å². The average molecular weight is 321 g/mol. The van der Waals surface area contributed by atoms with Gasteiger partial charge < -0.3 is 24.2 Å². The first-order valence-corrected chi connectivity index (χ1v) is 7.44. The van der Waals surface area contributed by atoms with Crippen molar-refractivity contribution >= 4 is 11.0 Å². The standard InChI is InChI=1S/C15H19N3O5/c1-21-12-8-10-11(17-15(20)14(19)16-10)9-13(12)23-7-4-18-2-5-22-6-3-18/h8-9H,2-7H2,1H3,(H,16,19)(H,17,20). The number of nitrogens with zero attached hydrogens (tertiary/aromatic N) is 1. The summed E-state index contributed by atoms with van der Waals surface area (Å²) >= 11 is 0. The molecule has 1 aliphatic rings. The Balaban J connectivity index is 1.77. The highest BCUT2D eigenvalue weighted by Crippen LogP contribution is 2.30. The molecule has 124 valence electrons. The van der Waals surface area contributed by atoms with Gasteiger partial charge in [-0.15, -0.1) is 0 Å². The number of methoxy groups -OCH3 is 1. The second-order valence-corrected chi connectivity index (χ2v) is 5.26. The fourth-order valence-corrected chi connectivity index (χ4v) is 2.51. The van der Waals surface area contributed by atoms with E-state index >= 15 is 0 Å². The number of benzene rings is 1. The number of aromatic amines is 2. The van der Waals surface area contributed by atoms with Crippen molar-refractivity contribution in [1.82, 2.24) is 14.9 Å². The van der Waals surface area contributed by atoms with Crippen LogP contribution in [0.2, 0.25) is 0 Å². The van der Waals surface area contributed by atoms with Gasteiger partial charge in [0.1, 0.15) is 6.61 Å². The van der Waals surface area contributed by atoms with Crippen LogP contribution in [0, 0.1) is 0 Å². The van der Waals surface area contributed by atoms with Crippen LogP contribution in [0.4, 0.5) is 0 Å². The largest absolute Gasteiger partial charge is 0.493 e. The zero-order valence-electron chi connectivity index (χ0n) is 12.9. The molecule has 1 aliphatic heterocycles. The van der Waals surface area contributed by atoms with Crippen LogP contribution >= 0.6 is 0 Å². The van der Waals surface area contributed by atoms with E-state index in [1.807, 2.05) is 0 Å². The van der Waals surface area contributed by atoms with Crippen LogP contribution in [0.25, 0.3) is 11.0 Å². The topological polar surface area (TPSA) is 96.7 Å². The fourth-order valence-electron chi connectivity index (χ4n) is 2.51. The number of rotatable bonds is 5. The highest BCUT2D eigenvalue weighted by atomic mass is 16.5. The monoisotopic (exact) mass is 321 g/mol. The van der Waals surface area contributed by atoms with Crippen LogP contribution in [-0.4, -0.2) is 61.4 Å². The van der Waals surface area contributed by atoms with Crippen LogP contribution in [0.3, 0.4) is 0 Å². The maximum Gasteiger partial charge on any atom is 0.314 e. The Labute approximate surface area is 132 Å². The maximum absolute atomic E-state index is 11.4. The van der Waals surface area contributed by atoms with E-state index in [4.69, 9.17) is 14.2 Å². The molecule has 0 unspecified atom stereocenters. The molecule has 0 radical (unpaired) electrons. The number of aromatic nitrogens is 2. The third kappa shape index (κ3) is 3.54. The van der Waals surface area contributed by atoms with Gasteiger partial charge in [0, 0.05) is 31.8 Å². The molecule has 8 nitrogen and oxygen atoms in total. The molecule has 2 N–H and O–H groups in total. The maximum atomic E-state index is 11.4. The summed E-state index contributed by atoms with van der Waals surface area (Å²) in [5.74, 6) is 1.03. The molecule has 8 heteroatoms. The smallest absolute Gasteiger partial charge is 0.314 e. The Morgan fingerprint density at radius 3 is 2.30 bits per heavy atom. The molecule has 2 heterocycles. The summed E-state index contributed by atoms with van der Waals surface area (Å²) in [7, 11) is 1.53. The number of H-pyrrole nitrogens is 2. The summed E-state index contributed by atoms with van der Waals surface area (Å²) in [5, 5.41) is 0. The molecule has 0 amide bonds. The fraction of sp³-hybridized carbons (Fsp3) is 0.467. The molecule has 0 bridgehead atoms. The Bertz CT molecular complexity index is 792. The molecule has 1 fully saturated rings. The van der Waals surface area contributed by atoms with Gasteiger partial charge in [-0.2, -0.15) is 0 Å². The highest BCUT2D eigenvalue weighted by molar-refractivity contribution is 5.78. The Hall–Kier alpha value is -2.32. The second kappa shape index (κ2) is 6.84. The van der Waals surface area contributed by atoms with E-state index in [2.05, 4.69) is 14.9 Å². The minimum absolute atomic E-state index is 0.493. The van der Waals surface area contributed by atoms with Crippen LogP contribution in [0.15, 0.2) is 21.7 Å². The van der Waals surface area contributed by atoms with Gasteiger partial charge in [-0.05, 0) is 0 Å². The predicted octanol–water partition coefficient (Wildman–Crippen LogP) is -0.0640. The number of fused-ring (bicyclic) bond motifs is 1. The molecule has 0 saturated carbocycles. The number of nitrogens with one attached hydrogen (secondary N) is 2. The molecule has 2 aromatic rings. The first-order valence-electron chi connectivity index (χ1n) is 7.44. The first-order chi connectivity index (χ1) is 11.2. The predicted molar refractivity (Wildman–Crippen MR) is 84.5 cm³/mol. The lowest BCUT2D eigenvalue weighted by molar-refractivity contribution is 0.0321. The van der Waals surface area contributed by atoms with Crippen molar-refractivity contribution < 1.29 is 14.2 Å². The van der Waals surface area contributed by atoms with Crippen LogP contribution in [-0.2, 0) is 4.74 Å². The second-order valence-electron chi connectivity index (χ2n) is 5.26. The molecule has 0 atom stereocenters. The van der Waals surface area contributed by atoms with Gasteiger partial charge >= 0.3 is 11.1 Å². The summed E-state index contributed by atoms with van der Waals surface area (Å²) in [6.07, 6.45) is 0. The van der Waals surface area contributed by atoms with Gasteiger partial charge in [0.2, 0.25) is 0 Å². The van der Waals surface area contributed by atoms with Crippen molar-refractivity contribution in [1.29, 1.82) is 0 Å². The van der Waals surface area contributed by atoms with Crippen molar-refractivity contribution in [3.8, 4) is 11.5 Å². The van der Waals surface area contributed by atoms with E-state index in [0.29, 0.717) is 29.1 Å². The molecule has 3 rings (SSSR count). The van der Waals surface area contributed by atoms with Crippen LogP contribution in [0.1, 0.15) is 0 Å². The molecular weight excluding hydrogens is 302 g/mol. The average Bonchev–Trinajstić information content (AvgIpc) is 2.56. The summed E-state index contributed by atoms with van der Waals surface area (Å²) in [6.45, 7) is 4.56. The number of morpholine rings is 1.